The summed E-state index contributed by atoms with van der Waals surface area (Å²) in [7, 11) is 1.54. The Bertz CT molecular complexity index is 722. The lowest BCUT2D eigenvalue weighted by Gasteiger charge is -2.07. The highest BCUT2D eigenvalue weighted by molar-refractivity contribution is 6.04. The van der Waals surface area contributed by atoms with E-state index in [9.17, 15) is 9.59 Å². The molecule has 0 saturated carbocycles. The van der Waals surface area contributed by atoms with Gasteiger partial charge in [-0.15, -0.1) is 0 Å². The van der Waals surface area contributed by atoms with E-state index in [4.69, 9.17) is 9.84 Å². The molecule has 0 aliphatic heterocycles. The van der Waals surface area contributed by atoms with Gasteiger partial charge in [-0.1, -0.05) is 18.2 Å². The van der Waals surface area contributed by atoms with Crippen molar-refractivity contribution >= 4 is 23.6 Å². The van der Waals surface area contributed by atoms with Crippen LogP contribution in [0.3, 0.4) is 0 Å². The Morgan fingerprint density at radius 3 is 2.64 bits per heavy atom. The molecule has 2 aromatic rings. The molecule has 2 N–H and O–H groups in total. The average Bonchev–Trinajstić information content (AvgIpc) is 2.53. The normalized spacial score (nSPS) is 10.4. The molecule has 0 spiro atoms. The van der Waals surface area contributed by atoms with Gasteiger partial charge in [0.2, 0.25) is 0 Å². The Morgan fingerprint density at radius 1 is 1.14 bits per heavy atom. The molecule has 0 heterocycles. The standard InChI is InChI=1S/C17H15NO4/c1-22-15-7-3-5-13(11-15)17(21)18-14-6-2-4-12(10-14)8-9-16(19)20/h2-11H,1H3,(H,18,21)(H,19,20)/b9-8+. The predicted molar refractivity (Wildman–Crippen MR) is 84.1 cm³/mol. The Labute approximate surface area is 127 Å². The first-order valence-electron chi connectivity index (χ1n) is 6.55. The number of hydrogen-bond donors (Lipinski definition) is 2. The van der Waals surface area contributed by atoms with Crippen LogP contribution in [0.2, 0.25) is 0 Å². The first-order chi connectivity index (χ1) is 10.6. The number of benzene rings is 2. The number of carboxylic acids is 1. The Kier molecular flexibility index (Phi) is 4.93. The Morgan fingerprint density at radius 2 is 1.91 bits per heavy atom. The molecule has 0 aromatic heterocycles. The molecule has 5 nitrogen and oxygen atoms in total. The van der Waals surface area contributed by atoms with Gasteiger partial charge in [-0.3, -0.25) is 4.79 Å². The lowest BCUT2D eigenvalue weighted by Crippen LogP contribution is -2.11. The molecular weight excluding hydrogens is 282 g/mol. The molecule has 1 amide bonds. The quantitative estimate of drug-likeness (QED) is 0.832. The number of rotatable bonds is 5. The van der Waals surface area contributed by atoms with Crippen LogP contribution in [0.25, 0.3) is 6.08 Å². The maximum Gasteiger partial charge on any atom is 0.328 e. The topological polar surface area (TPSA) is 75.6 Å². The van der Waals surface area contributed by atoms with Gasteiger partial charge in [0.25, 0.3) is 5.91 Å². The van der Waals surface area contributed by atoms with Crippen LogP contribution < -0.4 is 10.1 Å². The minimum atomic E-state index is -1.02. The van der Waals surface area contributed by atoms with Crippen LogP contribution >= 0.6 is 0 Å². The number of carbonyl (C=O) groups excluding carboxylic acids is 1. The van der Waals surface area contributed by atoms with Crippen molar-refractivity contribution < 1.29 is 19.4 Å². The van der Waals surface area contributed by atoms with Gasteiger partial charge in [-0.05, 0) is 42.0 Å². The molecule has 22 heavy (non-hydrogen) atoms. The molecule has 2 aromatic carbocycles. The molecule has 0 unspecified atom stereocenters. The second-order valence-electron chi connectivity index (χ2n) is 4.48. The van der Waals surface area contributed by atoms with Crippen LogP contribution in [0, 0.1) is 0 Å². The van der Waals surface area contributed by atoms with Gasteiger partial charge >= 0.3 is 5.97 Å². The second-order valence-corrected chi connectivity index (χ2v) is 4.48. The van der Waals surface area contributed by atoms with Gasteiger partial charge < -0.3 is 15.2 Å². The summed E-state index contributed by atoms with van der Waals surface area (Å²) in [4.78, 5) is 22.7. The summed E-state index contributed by atoms with van der Waals surface area (Å²) in [5.74, 6) is -0.685. The van der Waals surface area contributed by atoms with Crippen LogP contribution in [-0.2, 0) is 4.79 Å². The first kappa shape index (κ1) is 15.3. The molecule has 112 valence electrons. The van der Waals surface area contributed by atoms with Crippen molar-refractivity contribution in [2.75, 3.05) is 12.4 Å². The number of methoxy groups -OCH3 is 1. The van der Waals surface area contributed by atoms with Gasteiger partial charge in [-0.25, -0.2) is 4.79 Å². The smallest absolute Gasteiger partial charge is 0.328 e. The average molecular weight is 297 g/mol. The fourth-order valence-corrected chi connectivity index (χ4v) is 1.86. The number of nitrogens with one attached hydrogen (secondary N) is 1. The number of carbonyl (C=O) groups is 2. The van der Waals surface area contributed by atoms with E-state index < -0.39 is 5.97 Å². The van der Waals surface area contributed by atoms with Gasteiger partial charge in [0.05, 0.1) is 7.11 Å². The lowest BCUT2D eigenvalue weighted by molar-refractivity contribution is -0.131. The van der Waals surface area contributed by atoms with Crippen LogP contribution in [-0.4, -0.2) is 24.1 Å². The molecule has 2 rings (SSSR count). The van der Waals surface area contributed by atoms with Crippen molar-refractivity contribution in [3.63, 3.8) is 0 Å². The summed E-state index contributed by atoms with van der Waals surface area (Å²) < 4.78 is 5.08. The van der Waals surface area contributed by atoms with Crippen molar-refractivity contribution in [1.82, 2.24) is 0 Å². The Hall–Kier alpha value is -3.08. The minimum absolute atomic E-state index is 0.265. The van der Waals surface area contributed by atoms with Crippen LogP contribution in [0.1, 0.15) is 15.9 Å². The summed E-state index contributed by atoms with van der Waals surface area (Å²) in [6.07, 6.45) is 2.51. The van der Waals surface area contributed by atoms with E-state index in [1.807, 2.05) is 0 Å². The zero-order chi connectivity index (χ0) is 15.9. The van der Waals surface area contributed by atoms with E-state index in [1.54, 1.807) is 48.5 Å². The maximum absolute atomic E-state index is 12.2. The number of hydrogen-bond acceptors (Lipinski definition) is 3. The van der Waals surface area contributed by atoms with Crippen molar-refractivity contribution in [2.45, 2.75) is 0 Å². The van der Waals surface area contributed by atoms with Crippen molar-refractivity contribution in [3.05, 3.63) is 65.7 Å². The molecular formula is C17H15NO4. The minimum Gasteiger partial charge on any atom is -0.497 e. The van der Waals surface area contributed by atoms with Gasteiger partial charge in [0.1, 0.15) is 5.75 Å². The lowest BCUT2D eigenvalue weighted by atomic mass is 10.1. The number of aliphatic carboxylic acids is 1. The summed E-state index contributed by atoms with van der Waals surface area (Å²) in [5.41, 5.74) is 1.75. The summed E-state index contributed by atoms with van der Waals surface area (Å²) in [6.45, 7) is 0. The number of amides is 1. The first-order valence-corrected chi connectivity index (χ1v) is 6.55. The molecule has 0 bridgehead atoms. The van der Waals surface area contributed by atoms with E-state index in [2.05, 4.69) is 5.32 Å². The SMILES string of the molecule is COc1cccc(C(=O)Nc2cccc(/C=C/C(=O)O)c2)c1. The molecule has 0 fully saturated rings. The zero-order valence-electron chi connectivity index (χ0n) is 11.9. The molecule has 0 aliphatic carbocycles. The summed E-state index contributed by atoms with van der Waals surface area (Å²) in [6, 6.07) is 13.7. The van der Waals surface area contributed by atoms with Gasteiger partial charge in [0.15, 0.2) is 0 Å². The second kappa shape index (κ2) is 7.08. The van der Waals surface area contributed by atoms with E-state index in [0.717, 1.165) is 6.08 Å². The van der Waals surface area contributed by atoms with E-state index >= 15 is 0 Å². The third kappa shape index (κ3) is 4.21. The molecule has 0 radical (unpaired) electrons. The van der Waals surface area contributed by atoms with E-state index in [1.165, 1.54) is 13.2 Å². The zero-order valence-corrected chi connectivity index (χ0v) is 11.9. The van der Waals surface area contributed by atoms with E-state index in [-0.39, 0.29) is 5.91 Å². The molecule has 0 aliphatic rings. The molecule has 5 heteroatoms. The highest BCUT2D eigenvalue weighted by atomic mass is 16.5. The summed E-state index contributed by atoms with van der Waals surface area (Å²) in [5, 5.41) is 11.4. The van der Waals surface area contributed by atoms with Crippen LogP contribution in [0.5, 0.6) is 5.75 Å². The maximum atomic E-state index is 12.2. The number of ether oxygens (including phenoxy) is 1. The Balaban J connectivity index is 2.14. The van der Waals surface area contributed by atoms with Crippen LogP contribution in [0.15, 0.2) is 54.6 Å². The fraction of sp³-hybridized carbons (Fsp3) is 0.0588. The highest BCUT2D eigenvalue weighted by Gasteiger charge is 2.07. The fourth-order valence-electron chi connectivity index (χ4n) is 1.86. The third-order valence-electron chi connectivity index (χ3n) is 2.89. The van der Waals surface area contributed by atoms with Crippen LogP contribution in [0.4, 0.5) is 5.69 Å². The number of anilines is 1. The number of carboxylic acid groups (broad SMARTS) is 1. The third-order valence-corrected chi connectivity index (χ3v) is 2.89. The van der Waals surface area contributed by atoms with Crippen molar-refractivity contribution in [1.29, 1.82) is 0 Å². The van der Waals surface area contributed by atoms with Crippen molar-refractivity contribution in [2.24, 2.45) is 0 Å². The van der Waals surface area contributed by atoms with Gasteiger partial charge in [0, 0.05) is 17.3 Å². The van der Waals surface area contributed by atoms with Gasteiger partial charge in [-0.2, -0.15) is 0 Å². The molecule has 0 saturated heterocycles. The summed E-state index contributed by atoms with van der Waals surface area (Å²) >= 11 is 0. The predicted octanol–water partition coefficient (Wildman–Crippen LogP) is 3.05. The largest absolute Gasteiger partial charge is 0.497 e. The van der Waals surface area contributed by atoms with E-state index in [0.29, 0.717) is 22.6 Å². The highest BCUT2D eigenvalue weighted by Crippen LogP contribution is 2.16. The van der Waals surface area contributed by atoms with Crippen molar-refractivity contribution in [3.8, 4) is 5.75 Å². The molecule has 0 atom stereocenters. The monoisotopic (exact) mass is 297 g/mol.